The van der Waals surface area contributed by atoms with Crippen molar-refractivity contribution in [2.24, 2.45) is 0 Å². The molecule has 15 heavy (non-hydrogen) atoms. The summed E-state index contributed by atoms with van der Waals surface area (Å²) >= 11 is 0. The third kappa shape index (κ3) is 2.39. The molecule has 0 saturated carbocycles. The minimum Gasteiger partial charge on any atom is -0.382 e. The monoisotopic (exact) mass is 214 g/mol. The highest BCUT2D eigenvalue weighted by Gasteiger charge is 2.44. The van der Waals surface area contributed by atoms with Crippen LogP contribution in [0.15, 0.2) is 24.3 Å². The van der Waals surface area contributed by atoms with E-state index in [2.05, 4.69) is 0 Å². The Kier molecular flexibility index (Phi) is 3.19. The van der Waals surface area contributed by atoms with Gasteiger partial charge >= 0.3 is 5.92 Å². The molecule has 1 N–H and O–H groups in total. The molecule has 0 unspecified atom stereocenters. The van der Waals surface area contributed by atoms with Gasteiger partial charge in [-0.25, -0.2) is 0 Å². The van der Waals surface area contributed by atoms with Crippen molar-refractivity contribution in [2.75, 3.05) is 0 Å². The molecular weight excluding hydrogens is 202 g/mol. The van der Waals surface area contributed by atoms with Crippen LogP contribution in [0.2, 0.25) is 0 Å². The molecule has 0 radical (unpaired) electrons. The molecule has 0 aliphatic heterocycles. The molecule has 0 saturated heterocycles. The zero-order valence-electron chi connectivity index (χ0n) is 8.50. The van der Waals surface area contributed by atoms with Gasteiger partial charge in [-0.2, -0.15) is 8.78 Å². The molecule has 1 rings (SSSR count). The highest BCUT2D eigenvalue weighted by Crippen LogP contribution is 2.31. The summed E-state index contributed by atoms with van der Waals surface area (Å²) in [6, 6.07) is 5.98. The minimum absolute atomic E-state index is 0.0424. The van der Waals surface area contributed by atoms with E-state index in [9.17, 15) is 18.7 Å². The van der Waals surface area contributed by atoms with Crippen LogP contribution in [0.3, 0.4) is 0 Å². The smallest absolute Gasteiger partial charge is 0.334 e. The number of aryl methyl sites for hydroxylation is 1. The number of carbonyl (C=O) groups is 1. The van der Waals surface area contributed by atoms with Crippen LogP contribution in [-0.2, 0) is 4.79 Å². The highest BCUT2D eigenvalue weighted by atomic mass is 19.3. The Labute approximate surface area is 86.5 Å². The normalized spacial score (nSPS) is 13.7. The highest BCUT2D eigenvalue weighted by molar-refractivity contribution is 5.84. The second-order valence-electron chi connectivity index (χ2n) is 3.49. The number of hydrogen-bond acceptors (Lipinski definition) is 2. The number of rotatable bonds is 3. The zero-order valence-corrected chi connectivity index (χ0v) is 8.50. The van der Waals surface area contributed by atoms with Crippen LogP contribution < -0.4 is 0 Å². The number of ketones is 1. The number of aliphatic hydroxyl groups excluding tert-OH is 1. The van der Waals surface area contributed by atoms with Gasteiger partial charge in [0.1, 0.15) is 6.10 Å². The van der Waals surface area contributed by atoms with E-state index in [1.54, 1.807) is 19.1 Å². The lowest BCUT2D eigenvalue weighted by Gasteiger charge is -2.20. The summed E-state index contributed by atoms with van der Waals surface area (Å²) < 4.78 is 26.3. The standard InChI is InChI=1S/C11H12F2O2/c1-7-3-5-9(6-4-7)10(15)11(12,13)8(2)14/h3-6,10,15H,1-2H3/t10-/m0/s1. The van der Waals surface area contributed by atoms with Crippen molar-refractivity contribution in [2.45, 2.75) is 25.9 Å². The van der Waals surface area contributed by atoms with Gasteiger partial charge in [-0.05, 0) is 12.5 Å². The number of benzene rings is 1. The number of halogens is 2. The van der Waals surface area contributed by atoms with Gasteiger partial charge in [0.2, 0.25) is 5.78 Å². The van der Waals surface area contributed by atoms with Gasteiger partial charge in [0.05, 0.1) is 0 Å². The predicted octanol–water partition coefficient (Wildman–Crippen LogP) is 2.25. The average molecular weight is 214 g/mol. The van der Waals surface area contributed by atoms with Crippen LogP contribution in [0.5, 0.6) is 0 Å². The fraction of sp³-hybridized carbons (Fsp3) is 0.364. The quantitative estimate of drug-likeness (QED) is 0.837. The Hall–Kier alpha value is -1.29. The molecule has 0 aliphatic carbocycles. The summed E-state index contributed by atoms with van der Waals surface area (Å²) in [6.45, 7) is 2.57. The van der Waals surface area contributed by atoms with Gasteiger partial charge in [0.15, 0.2) is 0 Å². The van der Waals surface area contributed by atoms with Crippen molar-refractivity contribution in [3.05, 3.63) is 35.4 Å². The number of aliphatic hydroxyl groups is 1. The molecular formula is C11H12F2O2. The first-order valence-corrected chi connectivity index (χ1v) is 4.49. The van der Waals surface area contributed by atoms with E-state index in [1.165, 1.54) is 12.1 Å². The Morgan fingerprint density at radius 1 is 1.33 bits per heavy atom. The fourth-order valence-electron chi connectivity index (χ4n) is 1.15. The van der Waals surface area contributed by atoms with Gasteiger partial charge in [-0.3, -0.25) is 4.79 Å². The van der Waals surface area contributed by atoms with E-state index in [1.807, 2.05) is 0 Å². The van der Waals surface area contributed by atoms with Crippen molar-refractivity contribution < 1.29 is 18.7 Å². The van der Waals surface area contributed by atoms with E-state index in [-0.39, 0.29) is 5.56 Å². The first-order valence-electron chi connectivity index (χ1n) is 4.49. The molecule has 0 heterocycles. The number of carbonyl (C=O) groups excluding carboxylic acids is 1. The van der Waals surface area contributed by atoms with Crippen LogP contribution in [0.1, 0.15) is 24.2 Å². The number of alkyl halides is 2. The van der Waals surface area contributed by atoms with E-state index < -0.39 is 17.8 Å². The zero-order chi connectivity index (χ0) is 11.6. The average Bonchev–Trinajstić information content (AvgIpc) is 2.17. The predicted molar refractivity (Wildman–Crippen MR) is 51.8 cm³/mol. The lowest BCUT2D eigenvalue weighted by atomic mass is 10.00. The second kappa shape index (κ2) is 4.06. The molecule has 82 valence electrons. The Bertz CT molecular complexity index is 357. The van der Waals surface area contributed by atoms with E-state index in [4.69, 9.17) is 0 Å². The third-order valence-corrected chi connectivity index (χ3v) is 2.21. The summed E-state index contributed by atoms with van der Waals surface area (Å²) in [6.07, 6.45) is -2.07. The molecule has 2 nitrogen and oxygen atoms in total. The molecule has 0 aliphatic rings. The lowest BCUT2D eigenvalue weighted by molar-refractivity contribution is -0.159. The van der Waals surface area contributed by atoms with Crippen LogP contribution >= 0.6 is 0 Å². The largest absolute Gasteiger partial charge is 0.382 e. The van der Waals surface area contributed by atoms with Crippen LogP contribution in [0.25, 0.3) is 0 Å². The second-order valence-corrected chi connectivity index (χ2v) is 3.49. The van der Waals surface area contributed by atoms with Crippen LogP contribution in [0.4, 0.5) is 8.78 Å². The molecule has 1 aromatic carbocycles. The topological polar surface area (TPSA) is 37.3 Å². The Morgan fingerprint density at radius 3 is 2.20 bits per heavy atom. The fourth-order valence-corrected chi connectivity index (χ4v) is 1.15. The number of Topliss-reactive ketones (excluding diaryl/α,β-unsaturated/α-hetero) is 1. The summed E-state index contributed by atoms with van der Waals surface area (Å²) in [5.74, 6) is -5.06. The van der Waals surface area contributed by atoms with Crippen LogP contribution in [-0.4, -0.2) is 16.8 Å². The summed E-state index contributed by atoms with van der Waals surface area (Å²) in [5.41, 5.74) is 0.942. The van der Waals surface area contributed by atoms with E-state index in [0.29, 0.717) is 0 Å². The maximum Gasteiger partial charge on any atom is 0.334 e. The third-order valence-electron chi connectivity index (χ3n) is 2.21. The maximum atomic E-state index is 13.1. The van der Waals surface area contributed by atoms with Crippen molar-refractivity contribution >= 4 is 5.78 Å². The molecule has 0 amide bonds. The Balaban J connectivity index is 2.99. The van der Waals surface area contributed by atoms with Gasteiger partial charge in [-0.15, -0.1) is 0 Å². The van der Waals surface area contributed by atoms with E-state index in [0.717, 1.165) is 12.5 Å². The minimum atomic E-state index is -3.73. The first-order chi connectivity index (χ1) is 6.85. The molecule has 0 spiro atoms. The molecule has 1 aromatic rings. The van der Waals surface area contributed by atoms with Crippen molar-refractivity contribution in [3.63, 3.8) is 0 Å². The molecule has 1 atom stereocenters. The van der Waals surface area contributed by atoms with Crippen LogP contribution in [0, 0.1) is 6.92 Å². The van der Waals surface area contributed by atoms with Gasteiger partial charge in [0.25, 0.3) is 0 Å². The van der Waals surface area contributed by atoms with Gasteiger partial charge in [-0.1, -0.05) is 29.8 Å². The SMILES string of the molecule is CC(=O)C(F)(F)[C@@H](O)c1ccc(C)cc1. The Morgan fingerprint density at radius 2 is 1.80 bits per heavy atom. The summed E-state index contributed by atoms with van der Waals surface area (Å²) in [4.78, 5) is 10.6. The van der Waals surface area contributed by atoms with Crippen molar-refractivity contribution in [1.82, 2.24) is 0 Å². The van der Waals surface area contributed by atoms with Gasteiger partial charge in [0, 0.05) is 6.92 Å². The van der Waals surface area contributed by atoms with E-state index >= 15 is 0 Å². The first kappa shape index (κ1) is 11.8. The van der Waals surface area contributed by atoms with Crippen molar-refractivity contribution in [1.29, 1.82) is 0 Å². The molecule has 0 aromatic heterocycles. The molecule has 0 bridgehead atoms. The summed E-state index contributed by atoms with van der Waals surface area (Å²) in [5, 5.41) is 9.34. The molecule has 0 fully saturated rings. The van der Waals surface area contributed by atoms with Crippen molar-refractivity contribution in [3.8, 4) is 0 Å². The maximum absolute atomic E-state index is 13.1. The van der Waals surface area contributed by atoms with Gasteiger partial charge < -0.3 is 5.11 Å². The lowest BCUT2D eigenvalue weighted by Crippen LogP contribution is -2.33. The summed E-state index contributed by atoms with van der Waals surface area (Å²) in [7, 11) is 0. The molecule has 4 heteroatoms. The number of hydrogen-bond donors (Lipinski definition) is 1.